The lowest BCUT2D eigenvalue weighted by Gasteiger charge is -2.40. The molecule has 1 aromatic rings. The molecule has 0 bridgehead atoms. The highest BCUT2D eigenvalue weighted by Gasteiger charge is 2.42. The van der Waals surface area contributed by atoms with Crippen LogP contribution in [0.15, 0.2) is 24.3 Å². The molecule has 4 heteroatoms. The van der Waals surface area contributed by atoms with Crippen LogP contribution in [0.25, 0.3) is 0 Å². The summed E-state index contributed by atoms with van der Waals surface area (Å²) in [6.45, 7) is 9.62. The number of likely N-dealkylation sites (N-methyl/N-ethyl adjacent to an activating group) is 1. The predicted molar refractivity (Wildman–Crippen MR) is 88.6 cm³/mol. The second-order valence-electron chi connectivity index (χ2n) is 6.31. The quantitative estimate of drug-likeness (QED) is 0.876. The number of likely N-dealkylation sites (tertiary alicyclic amines) is 1. The monoisotopic (exact) mass is 304 g/mol. The highest BCUT2D eigenvalue weighted by Crippen LogP contribution is 2.25. The van der Waals surface area contributed by atoms with Gasteiger partial charge in [0.2, 0.25) is 0 Å². The van der Waals surface area contributed by atoms with Gasteiger partial charge in [-0.25, -0.2) is 0 Å². The van der Waals surface area contributed by atoms with Gasteiger partial charge >= 0.3 is 0 Å². The van der Waals surface area contributed by atoms with Crippen molar-refractivity contribution in [2.45, 2.75) is 45.8 Å². The van der Waals surface area contributed by atoms with Crippen LogP contribution in [0.5, 0.6) is 0 Å². The van der Waals surface area contributed by atoms with Gasteiger partial charge in [0, 0.05) is 19.6 Å². The van der Waals surface area contributed by atoms with Crippen molar-refractivity contribution in [1.29, 1.82) is 0 Å². The van der Waals surface area contributed by atoms with E-state index in [0.717, 1.165) is 31.6 Å². The van der Waals surface area contributed by atoms with Gasteiger partial charge in [-0.2, -0.15) is 0 Å². The van der Waals surface area contributed by atoms with E-state index in [1.807, 2.05) is 17.0 Å². The summed E-state index contributed by atoms with van der Waals surface area (Å²) in [5, 5.41) is 10.8. The van der Waals surface area contributed by atoms with Gasteiger partial charge in [-0.15, -0.1) is 0 Å². The Morgan fingerprint density at radius 1 is 1.32 bits per heavy atom. The first-order chi connectivity index (χ1) is 10.5. The Balaban J connectivity index is 2.09. The van der Waals surface area contributed by atoms with Crippen LogP contribution in [0.4, 0.5) is 0 Å². The molecule has 22 heavy (non-hydrogen) atoms. The summed E-state index contributed by atoms with van der Waals surface area (Å²) in [7, 11) is 0. The molecule has 1 aliphatic heterocycles. The number of aliphatic hydroxyl groups is 1. The molecule has 0 radical (unpaired) electrons. The Morgan fingerprint density at radius 2 is 2.05 bits per heavy atom. The molecule has 1 heterocycles. The Bertz CT molecular complexity index is 514. The van der Waals surface area contributed by atoms with Crippen LogP contribution in [0.3, 0.4) is 0 Å². The van der Waals surface area contributed by atoms with Crippen LogP contribution < -0.4 is 0 Å². The molecule has 1 saturated heterocycles. The van der Waals surface area contributed by atoms with Crippen LogP contribution in [-0.4, -0.2) is 52.6 Å². The van der Waals surface area contributed by atoms with E-state index in [0.29, 0.717) is 19.5 Å². The summed E-state index contributed by atoms with van der Waals surface area (Å²) in [5.41, 5.74) is 1.09. The zero-order chi connectivity index (χ0) is 16.2. The first-order valence-electron chi connectivity index (χ1n) is 8.28. The number of aryl methyl sites for hydroxylation is 1. The standard InChI is InChI=1S/C18H28N2O2/c1-4-19(5-2)14-18(22)10-7-11-20(17(18)21)13-16-9-6-8-15(3)12-16/h6,8-9,12,22H,4-5,7,10-11,13-14H2,1-3H3/t18-/m1/s1. The van der Waals surface area contributed by atoms with Crippen molar-refractivity contribution in [1.82, 2.24) is 9.80 Å². The summed E-state index contributed by atoms with van der Waals surface area (Å²) in [4.78, 5) is 16.7. The second-order valence-corrected chi connectivity index (χ2v) is 6.31. The first-order valence-corrected chi connectivity index (χ1v) is 8.28. The number of amides is 1. The molecular formula is C18H28N2O2. The Kier molecular flexibility index (Phi) is 5.59. The average Bonchev–Trinajstić information content (AvgIpc) is 2.50. The molecule has 4 nitrogen and oxygen atoms in total. The van der Waals surface area contributed by atoms with Crippen molar-refractivity contribution in [3.05, 3.63) is 35.4 Å². The number of nitrogens with zero attached hydrogens (tertiary/aromatic N) is 2. The fourth-order valence-corrected chi connectivity index (χ4v) is 3.21. The molecule has 0 unspecified atom stereocenters. The van der Waals surface area contributed by atoms with Crippen LogP contribution in [0.2, 0.25) is 0 Å². The summed E-state index contributed by atoms with van der Waals surface area (Å²) >= 11 is 0. The topological polar surface area (TPSA) is 43.8 Å². The number of carbonyl (C=O) groups excluding carboxylic acids is 1. The minimum absolute atomic E-state index is 0.118. The van der Waals surface area contributed by atoms with E-state index >= 15 is 0 Å². The van der Waals surface area contributed by atoms with Crippen LogP contribution in [-0.2, 0) is 11.3 Å². The summed E-state index contributed by atoms with van der Waals surface area (Å²) in [6, 6.07) is 8.21. The molecule has 1 atom stereocenters. The molecule has 0 aliphatic carbocycles. The van der Waals surface area contributed by atoms with Crippen molar-refractivity contribution < 1.29 is 9.90 Å². The van der Waals surface area contributed by atoms with Gasteiger partial charge in [-0.05, 0) is 38.4 Å². The average molecular weight is 304 g/mol. The van der Waals surface area contributed by atoms with E-state index in [-0.39, 0.29) is 5.91 Å². The third-order valence-corrected chi connectivity index (χ3v) is 4.54. The Labute approximate surface area is 133 Å². The molecule has 1 aromatic carbocycles. The minimum Gasteiger partial charge on any atom is -0.379 e. The summed E-state index contributed by atoms with van der Waals surface area (Å²) in [6.07, 6.45) is 1.42. The number of rotatable bonds is 6. The maximum Gasteiger partial charge on any atom is 0.256 e. The number of piperidine rings is 1. The van der Waals surface area contributed by atoms with Gasteiger partial charge in [-0.1, -0.05) is 43.7 Å². The molecule has 0 spiro atoms. The van der Waals surface area contributed by atoms with Gasteiger partial charge in [0.25, 0.3) is 5.91 Å². The van der Waals surface area contributed by atoms with Gasteiger partial charge in [0.05, 0.1) is 0 Å². The lowest BCUT2D eigenvalue weighted by molar-refractivity contribution is -0.160. The summed E-state index contributed by atoms with van der Waals surface area (Å²) < 4.78 is 0. The fraction of sp³-hybridized carbons (Fsp3) is 0.611. The van der Waals surface area contributed by atoms with Crippen LogP contribution in [0, 0.1) is 6.92 Å². The number of hydrogen-bond donors (Lipinski definition) is 1. The molecule has 1 aliphatic rings. The molecule has 1 N–H and O–H groups in total. The van der Waals surface area contributed by atoms with Crippen LogP contribution >= 0.6 is 0 Å². The van der Waals surface area contributed by atoms with Gasteiger partial charge in [0.1, 0.15) is 0 Å². The molecule has 1 fully saturated rings. The molecule has 1 amide bonds. The minimum atomic E-state index is -1.23. The van der Waals surface area contributed by atoms with Crippen LogP contribution in [0.1, 0.15) is 37.8 Å². The zero-order valence-corrected chi connectivity index (χ0v) is 14.0. The van der Waals surface area contributed by atoms with Crippen molar-refractivity contribution in [2.75, 3.05) is 26.2 Å². The van der Waals surface area contributed by atoms with E-state index in [4.69, 9.17) is 0 Å². The fourth-order valence-electron chi connectivity index (χ4n) is 3.21. The number of carbonyl (C=O) groups is 1. The third kappa shape index (κ3) is 3.87. The van der Waals surface area contributed by atoms with Gasteiger partial charge in [0.15, 0.2) is 5.60 Å². The van der Waals surface area contributed by atoms with Crippen molar-refractivity contribution in [2.24, 2.45) is 0 Å². The number of hydrogen-bond acceptors (Lipinski definition) is 3. The highest BCUT2D eigenvalue weighted by molar-refractivity contribution is 5.86. The van der Waals surface area contributed by atoms with Gasteiger partial charge in [-0.3, -0.25) is 4.79 Å². The number of benzene rings is 1. The highest BCUT2D eigenvalue weighted by atomic mass is 16.3. The molecule has 122 valence electrons. The van der Waals surface area contributed by atoms with E-state index in [1.165, 1.54) is 5.56 Å². The first kappa shape index (κ1) is 17.0. The smallest absolute Gasteiger partial charge is 0.256 e. The van der Waals surface area contributed by atoms with E-state index < -0.39 is 5.60 Å². The van der Waals surface area contributed by atoms with Crippen molar-refractivity contribution >= 4 is 5.91 Å². The molecule has 0 aromatic heterocycles. The van der Waals surface area contributed by atoms with Gasteiger partial charge < -0.3 is 14.9 Å². The van der Waals surface area contributed by atoms with Crippen molar-refractivity contribution in [3.8, 4) is 0 Å². The predicted octanol–water partition coefficient (Wildman–Crippen LogP) is 2.19. The largest absolute Gasteiger partial charge is 0.379 e. The van der Waals surface area contributed by atoms with E-state index in [1.54, 1.807) is 0 Å². The van der Waals surface area contributed by atoms with Crippen molar-refractivity contribution in [3.63, 3.8) is 0 Å². The van der Waals surface area contributed by atoms with E-state index in [9.17, 15) is 9.90 Å². The second kappa shape index (κ2) is 7.25. The normalized spacial score (nSPS) is 22.4. The maximum atomic E-state index is 12.8. The third-order valence-electron chi connectivity index (χ3n) is 4.54. The Hall–Kier alpha value is -1.39. The Morgan fingerprint density at radius 3 is 2.68 bits per heavy atom. The zero-order valence-electron chi connectivity index (χ0n) is 14.0. The summed E-state index contributed by atoms with van der Waals surface area (Å²) in [5.74, 6) is -0.118. The lowest BCUT2D eigenvalue weighted by atomic mass is 9.90. The SMILES string of the molecule is CCN(CC)C[C@]1(O)CCCN(Cc2cccc(C)c2)C1=O. The molecule has 2 rings (SSSR count). The molecular weight excluding hydrogens is 276 g/mol. The molecule has 0 saturated carbocycles. The maximum absolute atomic E-state index is 12.8. The van der Waals surface area contributed by atoms with E-state index in [2.05, 4.69) is 37.8 Å². The lowest BCUT2D eigenvalue weighted by Crippen LogP contribution is -2.58.